The monoisotopic (exact) mass is 324 g/mol. The Kier molecular flexibility index (Phi) is 4.79. The van der Waals surface area contributed by atoms with E-state index in [4.69, 9.17) is 5.11 Å². The molecule has 3 rings (SSSR count). The normalized spacial score (nSPS) is 17.3. The summed E-state index contributed by atoms with van der Waals surface area (Å²) in [5, 5.41) is 12.0. The lowest BCUT2D eigenvalue weighted by Gasteiger charge is -2.30. The molecule has 2 aromatic rings. The third kappa shape index (κ3) is 3.74. The fraction of sp³-hybridized carbons (Fsp3) is 0.263. The summed E-state index contributed by atoms with van der Waals surface area (Å²) in [6.45, 7) is 0.862. The van der Waals surface area contributed by atoms with E-state index in [2.05, 4.69) is 5.32 Å². The minimum atomic E-state index is -0.834. The zero-order valence-corrected chi connectivity index (χ0v) is 13.3. The van der Waals surface area contributed by atoms with Crippen LogP contribution in [-0.2, 0) is 4.79 Å². The highest BCUT2D eigenvalue weighted by molar-refractivity contribution is 5.90. The smallest absolute Gasteiger partial charge is 0.321 e. The number of aliphatic carboxylic acids is 1. The summed E-state index contributed by atoms with van der Waals surface area (Å²) in [5.74, 6) is -1.30. The van der Waals surface area contributed by atoms with Gasteiger partial charge in [0.15, 0.2) is 0 Å². The number of benzene rings is 2. The van der Waals surface area contributed by atoms with Gasteiger partial charge in [0.05, 0.1) is 5.92 Å². The molecule has 1 atom stereocenters. The van der Waals surface area contributed by atoms with Gasteiger partial charge in [-0.1, -0.05) is 42.5 Å². The molecule has 1 aliphatic heterocycles. The Bertz CT molecular complexity index is 713. The molecule has 5 heteroatoms. The molecule has 2 amide bonds. The van der Waals surface area contributed by atoms with Gasteiger partial charge in [0.1, 0.15) is 0 Å². The number of rotatable bonds is 3. The molecule has 0 aromatic heterocycles. The Labute approximate surface area is 140 Å². The number of carbonyl (C=O) groups excluding carboxylic acids is 1. The first kappa shape index (κ1) is 16.1. The molecule has 1 unspecified atom stereocenters. The molecule has 1 heterocycles. The van der Waals surface area contributed by atoms with Gasteiger partial charge in [-0.25, -0.2) is 4.79 Å². The van der Waals surface area contributed by atoms with Crippen molar-refractivity contribution in [2.24, 2.45) is 5.92 Å². The summed E-state index contributed by atoms with van der Waals surface area (Å²) >= 11 is 0. The fourth-order valence-corrected chi connectivity index (χ4v) is 2.94. The Balaban J connectivity index is 1.63. The summed E-state index contributed by atoms with van der Waals surface area (Å²) in [7, 11) is 0. The quantitative estimate of drug-likeness (QED) is 0.905. The molecular formula is C19H20N2O3. The van der Waals surface area contributed by atoms with E-state index in [0.29, 0.717) is 18.7 Å². The van der Waals surface area contributed by atoms with Crippen molar-refractivity contribution in [1.82, 2.24) is 4.90 Å². The van der Waals surface area contributed by atoms with Crippen LogP contribution in [0.5, 0.6) is 0 Å². The topological polar surface area (TPSA) is 69.6 Å². The van der Waals surface area contributed by atoms with Gasteiger partial charge in [-0.3, -0.25) is 4.79 Å². The number of urea groups is 1. The van der Waals surface area contributed by atoms with Crippen molar-refractivity contribution in [2.45, 2.75) is 12.8 Å². The number of nitrogens with one attached hydrogen (secondary N) is 1. The number of likely N-dealkylation sites (tertiary alicyclic amines) is 1. The van der Waals surface area contributed by atoms with Gasteiger partial charge in [0, 0.05) is 18.8 Å². The van der Waals surface area contributed by atoms with Crippen LogP contribution in [0.1, 0.15) is 12.8 Å². The number of nitrogens with zero attached hydrogens (tertiary/aromatic N) is 1. The molecule has 2 aromatic carbocycles. The molecule has 1 saturated heterocycles. The molecule has 0 spiro atoms. The number of hydrogen-bond donors (Lipinski definition) is 2. The number of anilines is 1. The molecule has 2 N–H and O–H groups in total. The van der Waals surface area contributed by atoms with E-state index in [0.717, 1.165) is 17.5 Å². The molecule has 0 bridgehead atoms. The molecule has 124 valence electrons. The zero-order chi connectivity index (χ0) is 16.9. The second kappa shape index (κ2) is 7.17. The van der Waals surface area contributed by atoms with Crippen LogP contribution in [0.15, 0.2) is 54.6 Å². The third-order valence-corrected chi connectivity index (χ3v) is 4.30. The zero-order valence-electron chi connectivity index (χ0n) is 13.3. The summed E-state index contributed by atoms with van der Waals surface area (Å²) in [4.78, 5) is 25.0. The predicted octanol–water partition coefficient (Wildman–Crippen LogP) is 3.68. The van der Waals surface area contributed by atoms with Crippen molar-refractivity contribution in [1.29, 1.82) is 0 Å². The van der Waals surface area contributed by atoms with Crippen LogP contribution in [0.3, 0.4) is 0 Å². The van der Waals surface area contributed by atoms with Crippen molar-refractivity contribution in [3.63, 3.8) is 0 Å². The van der Waals surface area contributed by atoms with Crippen molar-refractivity contribution in [3.05, 3.63) is 54.6 Å². The highest BCUT2D eigenvalue weighted by atomic mass is 16.4. The van der Waals surface area contributed by atoms with Crippen LogP contribution in [0.4, 0.5) is 10.5 Å². The number of piperidine rings is 1. The van der Waals surface area contributed by atoms with Gasteiger partial charge in [-0.15, -0.1) is 0 Å². The number of carboxylic acids is 1. The first-order chi connectivity index (χ1) is 11.6. The van der Waals surface area contributed by atoms with E-state index in [1.807, 2.05) is 54.6 Å². The Hall–Kier alpha value is -2.82. The van der Waals surface area contributed by atoms with Crippen LogP contribution in [0.25, 0.3) is 11.1 Å². The maximum Gasteiger partial charge on any atom is 0.321 e. The van der Waals surface area contributed by atoms with E-state index in [1.165, 1.54) is 0 Å². The maximum atomic E-state index is 12.3. The lowest BCUT2D eigenvalue weighted by molar-refractivity contribution is -0.143. The second-order valence-corrected chi connectivity index (χ2v) is 6.00. The summed E-state index contributed by atoms with van der Waals surface area (Å²) in [6.07, 6.45) is 1.35. The molecule has 1 fully saturated rings. The summed E-state index contributed by atoms with van der Waals surface area (Å²) in [6, 6.07) is 17.4. The van der Waals surface area contributed by atoms with E-state index >= 15 is 0 Å². The second-order valence-electron chi connectivity index (χ2n) is 6.00. The Morgan fingerprint density at radius 3 is 2.33 bits per heavy atom. The molecule has 0 saturated carbocycles. The van der Waals surface area contributed by atoms with E-state index in [-0.39, 0.29) is 12.6 Å². The highest BCUT2D eigenvalue weighted by Gasteiger charge is 2.28. The minimum Gasteiger partial charge on any atom is -0.481 e. The SMILES string of the molecule is O=C(O)C1CCCN(C(=O)Nc2ccc(-c3ccccc3)cc2)C1. The molecule has 5 nitrogen and oxygen atoms in total. The average Bonchev–Trinajstić information content (AvgIpc) is 2.63. The fourth-order valence-electron chi connectivity index (χ4n) is 2.94. The number of carboxylic acid groups (broad SMARTS) is 1. The van der Waals surface area contributed by atoms with Crippen molar-refractivity contribution >= 4 is 17.7 Å². The average molecular weight is 324 g/mol. The van der Waals surface area contributed by atoms with E-state index < -0.39 is 11.9 Å². The lowest BCUT2D eigenvalue weighted by Crippen LogP contribution is -2.44. The van der Waals surface area contributed by atoms with Crippen LogP contribution in [0, 0.1) is 5.92 Å². The van der Waals surface area contributed by atoms with Crippen LogP contribution in [0.2, 0.25) is 0 Å². The summed E-state index contributed by atoms with van der Waals surface area (Å²) in [5.41, 5.74) is 2.91. The predicted molar refractivity (Wildman–Crippen MR) is 92.8 cm³/mol. The molecule has 0 radical (unpaired) electrons. The highest BCUT2D eigenvalue weighted by Crippen LogP contribution is 2.22. The van der Waals surface area contributed by atoms with E-state index in [1.54, 1.807) is 4.90 Å². The number of amides is 2. The van der Waals surface area contributed by atoms with Gasteiger partial charge in [0.2, 0.25) is 0 Å². The van der Waals surface area contributed by atoms with Crippen LogP contribution < -0.4 is 5.32 Å². The van der Waals surface area contributed by atoms with Crippen molar-refractivity contribution < 1.29 is 14.7 Å². The van der Waals surface area contributed by atoms with Gasteiger partial charge in [-0.2, -0.15) is 0 Å². The first-order valence-corrected chi connectivity index (χ1v) is 8.08. The number of carbonyl (C=O) groups is 2. The Morgan fingerprint density at radius 1 is 1.00 bits per heavy atom. The van der Waals surface area contributed by atoms with Crippen LogP contribution >= 0.6 is 0 Å². The Morgan fingerprint density at radius 2 is 1.67 bits per heavy atom. The molecule has 1 aliphatic rings. The molecule has 24 heavy (non-hydrogen) atoms. The largest absolute Gasteiger partial charge is 0.481 e. The van der Waals surface area contributed by atoms with Crippen molar-refractivity contribution in [3.8, 4) is 11.1 Å². The van der Waals surface area contributed by atoms with Gasteiger partial charge in [-0.05, 0) is 36.1 Å². The third-order valence-electron chi connectivity index (χ3n) is 4.30. The maximum absolute atomic E-state index is 12.3. The van der Waals surface area contributed by atoms with E-state index in [9.17, 15) is 9.59 Å². The first-order valence-electron chi connectivity index (χ1n) is 8.08. The number of hydrogen-bond acceptors (Lipinski definition) is 2. The van der Waals surface area contributed by atoms with Gasteiger partial charge in [0.25, 0.3) is 0 Å². The lowest BCUT2D eigenvalue weighted by atomic mass is 9.99. The minimum absolute atomic E-state index is 0.242. The van der Waals surface area contributed by atoms with Crippen LogP contribution in [-0.4, -0.2) is 35.1 Å². The molecule has 0 aliphatic carbocycles. The van der Waals surface area contributed by atoms with Gasteiger partial charge >= 0.3 is 12.0 Å². The van der Waals surface area contributed by atoms with Gasteiger partial charge < -0.3 is 15.3 Å². The molecular weight excluding hydrogens is 304 g/mol. The standard InChI is InChI=1S/C19H20N2O3/c22-18(23)16-7-4-12-21(13-16)19(24)20-17-10-8-15(9-11-17)14-5-2-1-3-6-14/h1-3,5-6,8-11,16H,4,7,12-13H2,(H,20,24)(H,22,23). The summed E-state index contributed by atoms with van der Waals surface area (Å²) < 4.78 is 0. The van der Waals surface area contributed by atoms with Crippen molar-refractivity contribution in [2.75, 3.05) is 18.4 Å².